The van der Waals surface area contributed by atoms with Crippen LogP contribution in [0.3, 0.4) is 0 Å². The van der Waals surface area contributed by atoms with Crippen molar-refractivity contribution in [2.75, 3.05) is 7.05 Å². The molecule has 0 aliphatic heterocycles. The van der Waals surface area contributed by atoms with E-state index in [4.69, 9.17) is 0 Å². The van der Waals surface area contributed by atoms with Gasteiger partial charge in [0, 0.05) is 36.7 Å². The lowest BCUT2D eigenvalue weighted by molar-refractivity contribution is 0.311. The quantitative estimate of drug-likeness (QED) is 0.597. The van der Waals surface area contributed by atoms with Gasteiger partial charge in [0.25, 0.3) is 0 Å². The lowest BCUT2D eigenvalue weighted by Crippen LogP contribution is -2.19. The van der Waals surface area contributed by atoms with E-state index in [0.29, 0.717) is 0 Å². The van der Waals surface area contributed by atoms with Crippen molar-refractivity contribution in [2.45, 2.75) is 13.1 Å². The summed E-state index contributed by atoms with van der Waals surface area (Å²) in [6.45, 7) is 1.49. The molecule has 0 spiro atoms. The van der Waals surface area contributed by atoms with Crippen LogP contribution in [0.2, 0.25) is 0 Å². The third-order valence-corrected chi connectivity index (χ3v) is 4.57. The maximum atomic E-state index is 13.2. The van der Waals surface area contributed by atoms with E-state index in [1.54, 1.807) is 12.1 Å². The maximum absolute atomic E-state index is 13.2. The number of nitrogens with one attached hydrogen (secondary N) is 1. The minimum atomic E-state index is -0.241. The highest BCUT2D eigenvalue weighted by atomic mass is 19.1. The summed E-state index contributed by atoms with van der Waals surface area (Å²) in [6, 6.07) is 14.6. The van der Waals surface area contributed by atoms with E-state index in [1.807, 2.05) is 36.1 Å². The van der Waals surface area contributed by atoms with Crippen LogP contribution in [0, 0.1) is 5.82 Å². The van der Waals surface area contributed by atoms with Gasteiger partial charge in [-0.1, -0.05) is 18.2 Å². The second kappa shape index (κ2) is 6.72. The second-order valence-electron chi connectivity index (χ2n) is 6.54. The summed E-state index contributed by atoms with van der Waals surface area (Å²) in [5.74, 6) is -0.241. The SMILES string of the molecule is CN(Cc1cn[nH]c1-c1ccc(F)cc1)Cc1c2ccccc2nn1C. The number of fused-ring (bicyclic) bond motifs is 1. The van der Waals surface area contributed by atoms with Crippen molar-refractivity contribution in [3.8, 4) is 11.3 Å². The minimum Gasteiger partial charge on any atom is -0.296 e. The number of aromatic amines is 1. The molecule has 132 valence electrons. The molecule has 4 aromatic rings. The number of nitrogens with zero attached hydrogens (tertiary/aromatic N) is 4. The first kappa shape index (κ1) is 16.5. The van der Waals surface area contributed by atoms with Crippen LogP contribution in [0.15, 0.2) is 54.7 Å². The highest BCUT2D eigenvalue weighted by molar-refractivity contribution is 5.81. The van der Waals surface area contributed by atoms with Gasteiger partial charge in [0.05, 0.1) is 23.1 Å². The molecule has 0 aliphatic carbocycles. The van der Waals surface area contributed by atoms with E-state index in [2.05, 4.69) is 33.3 Å². The zero-order chi connectivity index (χ0) is 18.1. The summed E-state index contributed by atoms with van der Waals surface area (Å²) in [4.78, 5) is 2.22. The number of aromatic nitrogens is 4. The Morgan fingerprint density at radius 3 is 2.65 bits per heavy atom. The summed E-state index contributed by atoms with van der Waals surface area (Å²) in [7, 11) is 4.05. The van der Waals surface area contributed by atoms with Gasteiger partial charge in [-0.05, 0) is 37.4 Å². The van der Waals surface area contributed by atoms with E-state index < -0.39 is 0 Å². The molecule has 0 radical (unpaired) electrons. The summed E-state index contributed by atoms with van der Waals surface area (Å²) >= 11 is 0. The molecular weight excluding hydrogens is 329 g/mol. The Morgan fingerprint density at radius 2 is 1.85 bits per heavy atom. The number of hydrogen-bond donors (Lipinski definition) is 1. The second-order valence-corrected chi connectivity index (χ2v) is 6.54. The van der Waals surface area contributed by atoms with Crippen molar-refractivity contribution >= 4 is 10.9 Å². The normalized spacial score (nSPS) is 11.5. The number of aryl methyl sites for hydroxylation is 1. The van der Waals surface area contributed by atoms with Gasteiger partial charge in [0.15, 0.2) is 0 Å². The van der Waals surface area contributed by atoms with Crippen molar-refractivity contribution < 1.29 is 4.39 Å². The first-order chi connectivity index (χ1) is 12.6. The van der Waals surface area contributed by atoms with Gasteiger partial charge in [0.1, 0.15) is 5.82 Å². The van der Waals surface area contributed by atoms with Crippen LogP contribution in [0.1, 0.15) is 11.3 Å². The molecule has 0 atom stereocenters. The number of rotatable bonds is 5. The monoisotopic (exact) mass is 349 g/mol. The van der Waals surface area contributed by atoms with Crippen LogP contribution in [0.4, 0.5) is 4.39 Å². The molecular formula is C20H20FN5. The highest BCUT2D eigenvalue weighted by Crippen LogP contribution is 2.24. The first-order valence-electron chi connectivity index (χ1n) is 8.49. The number of halogens is 1. The van der Waals surface area contributed by atoms with Crippen LogP contribution in [-0.4, -0.2) is 31.9 Å². The Hall–Kier alpha value is -2.99. The van der Waals surface area contributed by atoms with Gasteiger partial charge in [-0.3, -0.25) is 14.7 Å². The van der Waals surface area contributed by atoms with E-state index in [0.717, 1.165) is 35.4 Å². The third-order valence-electron chi connectivity index (χ3n) is 4.57. The van der Waals surface area contributed by atoms with Crippen LogP contribution in [-0.2, 0) is 20.1 Å². The predicted octanol–water partition coefficient (Wildman–Crippen LogP) is 3.73. The molecule has 2 aromatic heterocycles. The van der Waals surface area contributed by atoms with Crippen LogP contribution in [0.5, 0.6) is 0 Å². The summed E-state index contributed by atoms with van der Waals surface area (Å²) in [6.07, 6.45) is 1.83. The summed E-state index contributed by atoms with van der Waals surface area (Å²) < 4.78 is 15.1. The zero-order valence-electron chi connectivity index (χ0n) is 14.8. The van der Waals surface area contributed by atoms with Crippen molar-refractivity contribution in [1.82, 2.24) is 24.9 Å². The summed E-state index contributed by atoms with van der Waals surface area (Å²) in [5, 5.41) is 13.0. The molecule has 2 aromatic carbocycles. The molecule has 0 bridgehead atoms. The lowest BCUT2D eigenvalue weighted by Gasteiger charge is -2.17. The molecule has 0 amide bonds. The van der Waals surface area contributed by atoms with Gasteiger partial charge in [-0.25, -0.2) is 4.39 Å². The molecule has 1 N–H and O–H groups in total. The topological polar surface area (TPSA) is 49.7 Å². The van der Waals surface area contributed by atoms with Crippen LogP contribution < -0.4 is 0 Å². The van der Waals surface area contributed by atoms with E-state index >= 15 is 0 Å². The van der Waals surface area contributed by atoms with Gasteiger partial charge < -0.3 is 0 Å². The van der Waals surface area contributed by atoms with Gasteiger partial charge in [-0.2, -0.15) is 10.2 Å². The fourth-order valence-electron chi connectivity index (χ4n) is 3.29. The Labute approximate surface area is 151 Å². The van der Waals surface area contributed by atoms with Crippen molar-refractivity contribution in [1.29, 1.82) is 0 Å². The van der Waals surface area contributed by atoms with E-state index in [1.165, 1.54) is 23.2 Å². The number of hydrogen-bond acceptors (Lipinski definition) is 3. The number of H-pyrrole nitrogens is 1. The number of benzene rings is 2. The molecule has 0 saturated heterocycles. The molecule has 26 heavy (non-hydrogen) atoms. The van der Waals surface area contributed by atoms with Gasteiger partial charge in [-0.15, -0.1) is 0 Å². The lowest BCUT2D eigenvalue weighted by atomic mass is 10.1. The van der Waals surface area contributed by atoms with Gasteiger partial charge in [0.2, 0.25) is 0 Å². The minimum absolute atomic E-state index is 0.241. The molecule has 2 heterocycles. The molecule has 5 nitrogen and oxygen atoms in total. The standard InChI is InChI=1S/C20H20FN5/c1-25(13-19-17-5-3-4-6-18(17)24-26(19)2)12-15-11-22-23-20(15)14-7-9-16(21)10-8-14/h3-11H,12-13H2,1-2H3,(H,22,23). The third kappa shape index (κ3) is 3.11. The largest absolute Gasteiger partial charge is 0.296 e. The van der Waals surface area contributed by atoms with Crippen molar-refractivity contribution in [3.05, 3.63) is 71.8 Å². The molecule has 0 fully saturated rings. The van der Waals surface area contributed by atoms with Crippen LogP contribution in [0.25, 0.3) is 22.2 Å². The fraction of sp³-hybridized carbons (Fsp3) is 0.200. The van der Waals surface area contributed by atoms with E-state index in [-0.39, 0.29) is 5.82 Å². The molecule has 6 heteroatoms. The summed E-state index contributed by atoms with van der Waals surface area (Å²) in [5.41, 5.74) is 5.11. The molecule has 0 aliphatic rings. The highest BCUT2D eigenvalue weighted by Gasteiger charge is 2.14. The first-order valence-corrected chi connectivity index (χ1v) is 8.49. The Bertz CT molecular complexity index is 1030. The Morgan fingerprint density at radius 1 is 1.08 bits per heavy atom. The molecule has 0 unspecified atom stereocenters. The predicted molar refractivity (Wildman–Crippen MR) is 99.9 cm³/mol. The smallest absolute Gasteiger partial charge is 0.123 e. The van der Waals surface area contributed by atoms with Crippen molar-refractivity contribution in [3.63, 3.8) is 0 Å². The zero-order valence-corrected chi connectivity index (χ0v) is 14.8. The van der Waals surface area contributed by atoms with Gasteiger partial charge >= 0.3 is 0 Å². The Balaban J connectivity index is 1.56. The average molecular weight is 349 g/mol. The average Bonchev–Trinajstić information content (AvgIpc) is 3.20. The molecule has 0 saturated carbocycles. The Kier molecular flexibility index (Phi) is 4.26. The van der Waals surface area contributed by atoms with Crippen molar-refractivity contribution in [2.24, 2.45) is 7.05 Å². The maximum Gasteiger partial charge on any atom is 0.123 e. The van der Waals surface area contributed by atoms with Crippen LogP contribution >= 0.6 is 0 Å². The van der Waals surface area contributed by atoms with E-state index in [9.17, 15) is 4.39 Å². The molecule has 4 rings (SSSR count). The fourth-order valence-corrected chi connectivity index (χ4v) is 3.29.